The van der Waals surface area contributed by atoms with E-state index in [0.29, 0.717) is 17.1 Å². The van der Waals surface area contributed by atoms with Crippen LogP contribution in [-0.4, -0.2) is 31.5 Å². The van der Waals surface area contributed by atoms with E-state index < -0.39 is 15.9 Å². The Morgan fingerprint density at radius 2 is 2.24 bits per heavy atom. The van der Waals surface area contributed by atoms with Gasteiger partial charge in [0.15, 0.2) is 0 Å². The zero-order valence-corrected chi connectivity index (χ0v) is 12.7. The van der Waals surface area contributed by atoms with E-state index in [9.17, 15) is 13.2 Å². The fraction of sp³-hybridized carbons (Fsp3) is 0.538. The van der Waals surface area contributed by atoms with Gasteiger partial charge in [0.25, 0.3) is 0 Å². The molecule has 2 aliphatic rings. The normalized spacial score (nSPS) is 27.8. The van der Waals surface area contributed by atoms with Crippen LogP contribution in [-0.2, 0) is 25.3 Å². The van der Waals surface area contributed by atoms with E-state index in [0.717, 1.165) is 12.8 Å². The van der Waals surface area contributed by atoms with Crippen molar-refractivity contribution in [2.24, 2.45) is 5.92 Å². The van der Waals surface area contributed by atoms with Crippen LogP contribution in [0.2, 0.25) is 5.02 Å². The molecule has 2 aliphatic heterocycles. The van der Waals surface area contributed by atoms with Gasteiger partial charge in [0, 0.05) is 6.20 Å². The fourth-order valence-electron chi connectivity index (χ4n) is 2.87. The number of carbonyl (C=O) groups is 1. The van der Waals surface area contributed by atoms with E-state index in [1.807, 2.05) is 0 Å². The lowest BCUT2D eigenvalue weighted by Gasteiger charge is -2.17. The predicted octanol–water partition coefficient (Wildman–Crippen LogP) is 1.25. The molecule has 0 unspecified atom stereocenters. The summed E-state index contributed by atoms with van der Waals surface area (Å²) in [5.41, 5.74) is 0.337. The summed E-state index contributed by atoms with van der Waals surface area (Å²) in [6.45, 7) is 0. The maximum atomic E-state index is 12.1. The highest BCUT2D eigenvalue weighted by molar-refractivity contribution is 7.89. The Kier molecular flexibility index (Phi) is 3.90. The summed E-state index contributed by atoms with van der Waals surface area (Å²) in [7, 11) is -3.76. The van der Waals surface area contributed by atoms with E-state index >= 15 is 0 Å². The molecule has 3 rings (SSSR count). The largest absolute Gasteiger partial charge is 0.374 e. The summed E-state index contributed by atoms with van der Waals surface area (Å²) in [5, 5.41) is 0.430. The topological polar surface area (TPSA) is 85.4 Å². The molecule has 6 nitrogen and oxygen atoms in total. The number of rotatable bonds is 4. The van der Waals surface area contributed by atoms with Crippen LogP contribution in [0.1, 0.15) is 25.0 Å². The molecule has 114 valence electrons. The van der Waals surface area contributed by atoms with E-state index in [1.54, 1.807) is 6.07 Å². The van der Waals surface area contributed by atoms with E-state index in [4.69, 9.17) is 16.3 Å². The average Bonchev–Trinajstić information content (AvgIpc) is 3.03. The van der Waals surface area contributed by atoms with Crippen LogP contribution in [0.4, 0.5) is 0 Å². The van der Waals surface area contributed by atoms with E-state index in [-0.39, 0.29) is 23.9 Å². The quantitative estimate of drug-likeness (QED) is 0.898. The van der Waals surface area contributed by atoms with Gasteiger partial charge in [0.2, 0.25) is 15.9 Å². The monoisotopic (exact) mass is 330 g/mol. The molecule has 8 heteroatoms. The molecule has 0 saturated carbocycles. The lowest BCUT2D eigenvalue weighted by atomic mass is 9.89. The Morgan fingerprint density at radius 1 is 1.43 bits per heavy atom. The Bertz CT molecular complexity index is 647. The third kappa shape index (κ3) is 3.36. The van der Waals surface area contributed by atoms with Gasteiger partial charge in [-0.25, -0.2) is 8.42 Å². The number of fused-ring (bicyclic) bond motifs is 2. The fourth-order valence-corrected chi connectivity index (χ4v) is 4.07. The van der Waals surface area contributed by atoms with E-state index in [1.165, 1.54) is 12.3 Å². The maximum Gasteiger partial charge on any atom is 0.240 e. The highest BCUT2D eigenvalue weighted by Crippen LogP contribution is 2.38. The first-order valence-corrected chi connectivity index (χ1v) is 8.76. The molecular formula is C13H15ClN2O4S. The second-order valence-corrected chi connectivity index (χ2v) is 7.57. The molecule has 2 bridgehead atoms. The molecule has 0 aromatic carbocycles. The molecule has 1 N–H and O–H groups in total. The van der Waals surface area contributed by atoms with Crippen molar-refractivity contribution >= 4 is 27.5 Å². The lowest BCUT2D eigenvalue weighted by Crippen LogP contribution is -2.40. The van der Waals surface area contributed by atoms with Crippen LogP contribution in [0.15, 0.2) is 18.3 Å². The Labute approximate surface area is 127 Å². The van der Waals surface area contributed by atoms with Crippen molar-refractivity contribution in [3.63, 3.8) is 0 Å². The summed E-state index contributed by atoms with van der Waals surface area (Å²) in [6.07, 6.45) is 3.71. The number of nitrogens with one attached hydrogen (secondary N) is 1. The minimum absolute atomic E-state index is 0.103. The Balaban J connectivity index is 1.63. The molecular weight excluding hydrogens is 316 g/mol. The zero-order chi connectivity index (χ0) is 15.0. The van der Waals surface area contributed by atoms with Gasteiger partial charge in [-0.05, 0) is 31.4 Å². The molecule has 1 aromatic heterocycles. The van der Waals surface area contributed by atoms with Gasteiger partial charge in [-0.2, -0.15) is 0 Å². The van der Waals surface area contributed by atoms with Crippen LogP contribution in [0.25, 0.3) is 0 Å². The lowest BCUT2D eigenvalue weighted by molar-refractivity contribution is -0.124. The van der Waals surface area contributed by atoms with Crippen LogP contribution < -0.4 is 4.72 Å². The summed E-state index contributed by atoms with van der Waals surface area (Å²) in [5.74, 6) is -1.19. The predicted molar refractivity (Wildman–Crippen MR) is 76.0 cm³/mol. The Morgan fingerprint density at radius 3 is 2.81 bits per heavy atom. The second-order valence-electron chi connectivity index (χ2n) is 5.41. The van der Waals surface area contributed by atoms with Crippen molar-refractivity contribution in [1.29, 1.82) is 0 Å². The smallest absolute Gasteiger partial charge is 0.240 e. The van der Waals surface area contributed by atoms with Gasteiger partial charge in [-0.3, -0.25) is 14.5 Å². The highest BCUT2D eigenvalue weighted by atomic mass is 35.5. The summed E-state index contributed by atoms with van der Waals surface area (Å²) < 4.78 is 31.7. The molecule has 21 heavy (non-hydrogen) atoms. The average molecular weight is 331 g/mol. The second kappa shape index (κ2) is 5.55. The molecule has 0 spiro atoms. The third-order valence-electron chi connectivity index (χ3n) is 3.83. The van der Waals surface area contributed by atoms with E-state index in [2.05, 4.69) is 9.71 Å². The summed E-state index contributed by atoms with van der Waals surface area (Å²) in [4.78, 5) is 16.0. The van der Waals surface area contributed by atoms with Gasteiger partial charge in [-0.15, -0.1) is 0 Å². The van der Waals surface area contributed by atoms with Crippen molar-refractivity contribution in [2.45, 2.75) is 37.2 Å². The number of ether oxygens (including phenoxy) is 1. The number of hydrogen-bond donors (Lipinski definition) is 1. The number of aromatic nitrogens is 1. The number of carbonyl (C=O) groups excluding carboxylic acids is 1. The molecule has 1 aromatic rings. The van der Waals surface area contributed by atoms with Crippen LogP contribution in [0.3, 0.4) is 0 Å². The van der Waals surface area contributed by atoms with Crippen LogP contribution in [0, 0.1) is 5.92 Å². The number of sulfonamides is 1. The highest BCUT2D eigenvalue weighted by Gasteiger charge is 2.45. The van der Waals surface area contributed by atoms with Gasteiger partial charge in [0.05, 0.1) is 28.8 Å². The number of halogens is 1. The first-order chi connectivity index (χ1) is 9.93. The number of hydrogen-bond acceptors (Lipinski definition) is 5. The zero-order valence-electron chi connectivity index (χ0n) is 11.2. The number of nitrogens with zero attached hydrogens (tertiary/aromatic N) is 1. The van der Waals surface area contributed by atoms with Gasteiger partial charge >= 0.3 is 0 Å². The van der Waals surface area contributed by atoms with Crippen LogP contribution >= 0.6 is 11.6 Å². The first-order valence-electron chi connectivity index (χ1n) is 6.73. The third-order valence-corrected chi connectivity index (χ3v) is 5.24. The maximum absolute atomic E-state index is 12.1. The molecule has 3 atom stereocenters. The minimum Gasteiger partial charge on any atom is -0.374 e. The molecule has 3 heterocycles. The van der Waals surface area contributed by atoms with Crippen molar-refractivity contribution in [2.75, 3.05) is 0 Å². The Hall–Kier alpha value is -1.18. The van der Waals surface area contributed by atoms with Gasteiger partial charge in [0.1, 0.15) is 5.75 Å². The van der Waals surface area contributed by atoms with Crippen LogP contribution in [0.5, 0.6) is 0 Å². The summed E-state index contributed by atoms with van der Waals surface area (Å²) in [6, 6.07) is 3.08. The van der Waals surface area contributed by atoms with Gasteiger partial charge in [-0.1, -0.05) is 11.6 Å². The molecule has 2 saturated heterocycles. The standard InChI is InChI=1S/C13H15ClN2O4S/c14-8-1-2-9(15-6-8)7-21(18,19)16-13(17)11-5-10-3-4-12(11)20-10/h1-2,6,10-12H,3-5,7H2,(H,16,17)/t10-,11-,12+/m1/s1. The number of amides is 1. The molecule has 0 aliphatic carbocycles. The van der Waals surface area contributed by atoms with Crippen molar-refractivity contribution in [3.05, 3.63) is 29.0 Å². The van der Waals surface area contributed by atoms with Gasteiger partial charge < -0.3 is 4.74 Å². The minimum atomic E-state index is -3.76. The van der Waals surface area contributed by atoms with Crippen molar-refractivity contribution in [1.82, 2.24) is 9.71 Å². The van der Waals surface area contributed by atoms with Crippen molar-refractivity contribution in [3.8, 4) is 0 Å². The SMILES string of the molecule is O=C(NS(=O)(=O)Cc1ccc(Cl)cn1)[C@@H]1C[C@H]2CC[C@@H]1O2. The van der Waals surface area contributed by atoms with Crippen molar-refractivity contribution < 1.29 is 17.9 Å². The molecule has 1 amide bonds. The molecule has 2 fully saturated rings. The first kappa shape index (κ1) is 14.7. The number of pyridine rings is 1. The molecule has 0 radical (unpaired) electrons. The summed E-state index contributed by atoms with van der Waals surface area (Å²) >= 11 is 5.69.